The molecule has 9 aromatic carbocycles. The zero-order valence-electron chi connectivity index (χ0n) is 61.2. The van der Waals surface area contributed by atoms with Crippen molar-refractivity contribution in [2.75, 3.05) is 0 Å². The van der Waals surface area contributed by atoms with Gasteiger partial charge in [0, 0.05) is 37.7 Å². The second kappa shape index (κ2) is 12.9. The number of para-hydroxylation sites is 4. The average Bonchev–Trinajstić information content (AvgIpc) is 1.23. The van der Waals surface area contributed by atoms with Crippen LogP contribution in [0.25, 0.3) is 93.9 Å². The van der Waals surface area contributed by atoms with Gasteiger partial charge in [0.25, 0.3) is 5.99 Å². The predicted molar refractivity (Wildman–Crippen MR) is 252 cm³/mol. The number of ether oxygens (including phenoxy) is 1. The maximum absolute atomic E-state index is 10.2. The van der Waals surface area contributed by atoms with Crippen molar-refractivity contribution in [1.82, 2.24) is 4.57 Å². The Morgan fingerprint density at radius 1 is 0.500 bits per heavy atom. The van der Waals surface area contributed by atoms with E-state index in [-0.39, 0.29) is 15.9 Å². The van der Waals surface area contributed by atoms with Crippen LogP contribution in [0.5, 0.6) is 11.5 Å². The van der Waals surface area contributed by atoms with Crippen LogP contribution in [0, 0.1) is 6.92 Å². The molecule has 4 heterocycles. The molecule has 0 atom stereocenters. The Morgan fingerprint density at radius 3 is 1.97 bits per heavy atom. The summed E-state index contributed by atoms with van der Waals surface area (Å²) >= 11 is 0.639. The molecule has 2 aromatic heterocycles. The third-order valence-corrected chi connectivity index (χ3v) is 11.5. The molecule has 0 bridgehead atoms. The van der Waals surface area contributed by atoms with Crippen LogP contribution < -0.4 is 15.7 Å². The van der Waals surface area contributed by atoms with Crippen molar-refractivity contribution >= 4 is 72.3 Å². The second-order valence-electron chi connectivity index (χ2n) is 13.6. The molecule has 2 aliphatic heterocycles. The van der Waals surface area contributed by atoms with Gasteiger partial charge in [-0.3, -0.25) is 0 Å². The van der Waals surface area contributed by atoms with E-state index in [9.17, 15) is 17.8 Å². The number of aromatic nitrogens is 1. The number of rotatable bonds is 4. The van der Waals surface area contributed by atoms with Gasteiger partial charge in [0.2, 0.25) is 0 Å². The molecular formula is C55H34BNO2S. The standard InChI is InChI=1S/C55H34BNO2S/c1-33-25-26-34(30-49(33)57-47-21-8-4-15-39(47)40-16-5-9-22-48(40)57)35-27-28-46-51(31-35)58-52-32-36(29-45-42-18-7-11-24-53(42)60-56(46)54(45)52)37-13-2-3-14-38(37)43-19-12-20-44-41-17-6-10-23-50(41)59-55(43)44/h2-32H,1H3/i2D,3D,4D,5D,6D,7D,8D,9D,10D,11D,12D,13D,14D,15D,16D,17D,18D,19D,20D,21D,22D,23D,24D,25D,26D,27D,28D,29D,30D,31D,32D. The first-order valence-electron chi connectivity index (χ1n) is 33.5. The molecule has 0 fully saturated rings. The third kappa shape index (κ3) is 4.93. The quantitative estimate of drug-likeness (QED) is 0.166. The van der Waals surface area contributed by atoms with Gasteiger partial charge in [0.15, 0.2) is 0 Å². The zero-order valence-corrected chi connectivity index (χ0v) is 31.1. The lowest BCUT2D eigenvalue weighted by atomic mass is 9.57. The molecule has 0 aliphatic carbocycles. The highest BCUT2D eigenvalue weighted by Crippen LogP contribution is 2.47. The Labute approximate surface area is 395 Å². The lowest BCUT2D eigenvalue weighted by Crippen LogP contribution is -2.46. The Kier molecular flexibility index (Phi) is 3.32. The molecular weight excluding hydrogens is 749 g/mol. The van der Waals surface area contributed by atoms with Crippen LogP contribution in [0.1, 0.15) is 48.1 Å². The summed E-state index contributed by atoms with van der Waals surface area (Å²) in [5.74, 6) is -3.00. The molecule has 11 aromatic rings. The van der Waals surface area contributed by atoms with Gasteiger partial charge in [-0.1, -0.05) is 139 Å². The van der Waals surface area contributed by atoms with E-state index in [2.05, 4.69) is 0 Å². The fourth-order valence-corrected chi connectivity index (χ4v) is 8.89. The molecule has 0 spiro atoms. The SMILES string of the molecule is [2H]c1c([2H])c([2H])c2c(c1[2H])SB1c3c([2H])c([2H])c(-c4c([2H])c([2H])c(C)c(-n5c6c([2H])c([2H])c([2H])c([2H])c6c6c([2H])c([2H])c([2H])c([2H])c65)c4[2H])c([2H])c3Oc3c([2H])c(-c4c([2H])c([2H])c([2H])c([2H])c4-c4c([2H])c([2H])c([2H])c5c4oc4c([2H])c([2H])c([2H])c([2H])c45)c([2H])c-2c31. The summed E-state index contributed by atoms with van der Waals surface area (Å²) in [4.78, 5) is -0.301. The summed E-state index contributed by atoms with van der Waals surface area (Å²) in [6.45, 7) is 1.25. The lowest BCUT2D eigenvalue weighted by molar-refractivity contribution is 0.488. The molecule has 2 aliphatic rings. The van der Waals surface area contributed by atoms with Gasteiger partial charge in [0.1, 0.15) is 22.7 Å². The van der Waals surface area contributed by atoms with Gasteiger partial charge in [-0.2, -0.15) is 11.6 Å². The predicted octanol–water partition coefficient (Wildman–Crippen LogP) is 14.0. The van der Waals surface area contributed by atoms with Crippen LogP contribution >= 0.6 is 11.6 Å². The van der Waals surface area contributed by atoms with Gasteiger partial charge in [-0.05, 0) is 111 Å². The zero-order chi connectivity index (χ0) is 66.5. The van der Waals surface area contributed by atoms with Crippen molar-refractivity contribution in [2.24, 2.45) is 0 Å². The largest absolute Gasteiger partial charge is 0.458 e. The lowest BCUT2D eigenvalue weighted by Gasteiger charge is -2.33. The summed E-state index contributed by atoms with van der Waals surface area (Å²) < 4.78 is 298. The minimum atomic E-state index is -1.58. The van der Waals surface area contributed by atoms with Gasteiger partial charge in [0.05, 0.1) is 53.5 Å². The van der Waals surface area contributed by atoms with Crippen molar-refractivity contribution < 1.29 is 51.6 Å². The molecule has 60 heavy (non-hydrogen) atoms. The van der Waals surface area contributed by atoms with Gasteiger partial charge in [-0.15, -0.1) is 0 Å². The van der Waals surface area contributed by atoms with Crippen molar-refractivity contribution in [3.05, 3.63) is 193 Å². The summed E-state index contributed by atoms with van der Waals surface area (Å²) in [6.07, 6.45) is 0. The highest BCUT2D eigenvalue weighted by Gasteiger charge is 2.39. The minimum absolute atomic E-state index is 0.269. The van der Waals surface area contributed by atoms with E-state index in [0.717, 1.165) is 4.57 Å². The van der Waals surface area contributed by atoms with Crippen molar-refractivity contribution in [3.63, 3.8) is 0 Å². The highest BCUT2D eigenvalue weighted by molar-refractivity contribution is 8.28. The van der Waals surface area contributed by atoms with Gasteiger partial charge < -0.3 is 13.7 Å². The first kappa shape index (κ1) is 15.4. The maximum Gasteiger partial charge on any atom is 0.289 e. The van der Waals surface area contributed by atoms with Crippen LogP contribution in [0.3, 0.4) is 0 Å². The summed E-state index contributed by atoms with van der Waals surface area (Å²) in [5, 5.41) is -1.74. The molecule has 280 valence electrons. The fraction of sp³-hybridized carbons (Fsp3) is 0.0182. The van der Waals surface area contributed by atoms with E-state index >= 15 is 0 Å². The van der Waals surface area contributed by atoms with E-state index in [1.54, 1.807) is 0 Å². The first-order chi connectivity index (χ1) is 42.6. The molecule has 0 unspecified atom stereocenters. The number of benzene rings is 9. The van der Waals surface area contributed by atoms with Crippen LogP contribution in [0.15, 0.2) is 197 Å². The third-order valence-electron chi connectivity index (χ3n) is 10.3. The van der Waals surface area contributed by atoms with Crippen molar-refractivity contribution in [3.8, 4) is 61.7 Å². The number of nitrogens with zero attached hydrogens (tertiary/aromatic N) is 1. The normalized spacial score (nSPS) is 20.0. The average molecular weight is 815 g/mol. The van der Waals surface area contributed by atoms with E-state index < -0.39 is 304 Å². The summed E-state index contributed by atoms with van der Waals surface area (Å²) in [7, 11) is 0. The fourth-order valence-electron chi connectivity index (χ4n) is 7.65. The molecule has 3 nitrogen and oxygen atoms in total. The molecule has 0 radical (unpaired) electrons. The molecule has 5 heteroatoms. The van der Waals surface area contributed by atoms with Gasteiger partial charge >= 0.3 is 0 Å². The number of fused-ring (bicyclic) bond motifs is 10. The Hall–Kier alpha value is -7.21. The molecule has 0 amide bonds. The number of hydrogen-bond donors (Lipinski definition) is 0. The smallest absolute Gasteiger partial charge is 0.289 e. The van der Waals surface area contributed by atoms with E-state index in [1.165, 1.54) is 6.92 Å². The maximum atomic E-state index is 10.2. The van der Waals surface area contributed by atoms with Crippen LogP contribution in [-0.4, -0.2) is 10.6 Å². The topological polar surface area (TPSA) is 27.3 Å². The number of furan rings is 1. The molecule has 0 saturated heterocycles. The van der Waals surface area contributed by atoms with E-state index in [4.69, 9.17) is 33.8 Å². The molecule has 0 saturated carbocycles. The van der Waals surface area contributed by atoms with Gasteiger partial charge in [-0.25, -0.2) is 0 Å². The monoisotopic (exact) mass is 814 g/mol. The molecule has 0 N–H and O–H groups in total. The first-order valence-corrected chi connectivity index (χ1v) is 18.9. The Balaban J connectivity index is 1.15. The number of hydrogen-bond acceptors (Lipinski definition) is 3. The van der Waals surface area contributed by atoms with Crippen molar-refractivity contribution in [1.29, 1.82) is 0 Å². The van der Waals surface area contributed by atoms with Crippen LogP contribution in [0.2, 0.25) is 0 Å². The summed E-state index contributed by atoms with van der Waals surface area (Å²) in [6, 6.07) is -26.2. The Morgan fingerprint density at radius 2 is 1.13 bits per heavy atom. The molecule has 13 rings (SSSR count). The van der Waals surface area contributed by atoms with Crippen LogP contribution in [-0.2, 0) is 0 Å². The van der Waals surface area contributed by atoms with E-state index in [1.807, 2.05) is 0 Å². The summed E-state index contributed by atoms with van der Waals surface area (Å²) in [5.41, 5.74) is -9.23. The van der Waals surface area contributed by atoms with Crippen LogP contribution in [0.4, 0.5) is 0 Å². The van der Waals surface area contributed by atoms with Crippen molar-refractivity contribution in [2.45, 2.75) is 11.8 Å². The second-order valence-corrected chi connectivity index (χ2v) is 14.7. The minimum Gasteiger partial charge on any atom is -0.458 e. The van der Waals surface area contributed by atoms with E-state index in [0.29, 0.717) is 11.6 Å². The Bertz CT molecular complexity index is 5330. The highest BCUT2D eigenvalue weighted by atomic mass is 32.2.